The van der Waals surface area contributed by atoms with Crippen molar-refractivity contribution in [3.63, 3.8) is 0 Å². The van der Waals surface area contributed by atoms with Crippen molar-refractivity contribution in [2.45, 2.75) is 32.9 Å². The minimum absolute atomic E-state index is 0.168. The highest BCUT2D eigenvalue weighted by atomic mass is 32.2. The van der Waals surface area contributed by atoms with Gasteiger partial charge in [-0.25, -0.2) is 8.42 Å². The molecule has 3 aromatic rings. The minimum atomic E-state index is -3.78. The van der Waals surface area contributed by atoms with Gasteiger partial charge >= 0.3 is 0 Å². The van der Waals surface area contributed by atoms with Crippen LogP contribution in [0.15, 0.2) is 78.9 Å². The number of likely N-dealkylation sites (N-methyl/N-ethyl adjacent to an activating group) is 1. The lowest BCUT2D eigenvalue weighted by Crippen LogP contribution is -2.53. The Morgan fingerprint density at radius 1 is 0.861 bits per heavy atom. The maximum Gasteiger partial charge on any atom is 0.244 e. The minimum Gasteiger partial charge on any atom is -0.357 e. The van der Waals surface area contributed by atoms with Gasteiger partial charge in [-0.05, 0) is 42.2 Å². The van der Waals surface area contributed by atoms with Crippen LogP contribution in [-0.2, 0) is 32.6 Å². The maximum atomic E-state index is 13.9. The number of carbonyl (C=O) groups is 2. The fraction of sp³-hybridized carbons (Fsp3) is 0.286. The Morgan fingerprint density at radius 2 is 1.44 bits per heavy atom. The number of nitrogens with one attached hydrogen (secondary N) is 1. The van der Waals surface area contributed by atoms with Crippen molar-refractivity contribution in [1.82, 2.24) is 10.2 Å². The molecule has 0 spiro atoms. The molecule has 0 unspecified atom stereocenters. The highest BCUT2D eigenvalue weighted by Gasteiger charge is 2.33. The normalized spacial score (nSPS) is 12.0. The first-order chi connectivity index (χ1) is 17.1. The molecule has 0 saturated heterocycles. The van der Waals surface area contributed by atoms with E-state index in [-0.39, 0.29) is 12.5 Å². The molecule has 0 aliphatic rings. The van der Waals surface area contributed by atoms with Crippen LogP contribution >= 0.6 is 0 Å². The van der Waals surface area contributed by atoms with E-state index in [1.54, 1.807) is 25.1 Å². The molecule has 1 N–H and O–H groups in total. The second-order valence-electron chi connectivity index (χ2n) is 8.82. The van der Waals surface area contributed by atoms with Crippen LogP contribution in [-0.4, -0.2) is 51.0 Å². The number of rotatable bonds is 10. The fourth-order valence-electron chi connectivity index (χ4n) is 4.13. The van der Waals surface area contributed by atoms with E-state index in [1.165, 1.54) is 11.9 Å². The molecule has 2 amide bonds. The van der Waals surface area contributed by atoms with Gasteiger partial charge in [0.1, 0.15) is 12.6 Å². The number of nitrogens with zero attached hydrogens (tertiary/aromatic N) is 2. The largest absolute Gasteiger partial charge is 0.357 e. The van der Waals surface area contributed by atoms with E-state index in [2.05, 4.69) is 5.32 Å². The molecule has 0 bridgehead atoms. The van der Waals surface area contributed by atoms with Gasteiger partial charge in [0.2, 0.25) is 21.8 Å². The van der Waals surface area contributed by atoms with E-state index in [9.17, 15) is 18.0 Å². The van der Waals surface area contributed by atoms with Crippen LogP contribution in [0, 0.1) is 13.8 Å². The molecule has 7 nitrogen and oxygen atoms in total. The summed E-state index contributed by atoms with van der Waals surface area (Å²) >= 11 is 0. The summed E-state index contributed by atoms with van der Waals surface area (Å²) in [5, 5.41) is 2.68. The smallest absolute Gasteiger partial charge is 0.244 e. The Balaban J connectivity index is 2.05. The molecule has 3 rings (SSSR count). The number of hydrogen-bond acceptors (Lipinski definition) is 4. The Hall–Kier alpha value is -3.65. The van der Waals surface area contributed by atoms with Crippen LogP contribution in [0.1, 0.15) is 22.3 Å². The molecule has 0 saturated carbocycles. The number of para-hydroxylation sites is 1. The van der Waals surface area contributed by atoms with Gasteiger partial charge < -0.3 is 10.2 Å². The van der Waals surface area contributed by atoms with E-state index < -0.39 is 28.5 Å². The average Bonchev–Trinajstić information content (AvgIpc) is 2.85. The van der Waals surface area contributed by atoms with E-state index in [1.807, 2.05) is 67.6 Å². The average molecular weight is 508 g/mol. The van der Waals surface area contributed by atoms with E-state index in [0.717, 1.165) is 32.8 Å². The molecule has 0 heterocycles. The first-order valence-corrected chi connectivity index (χ1v) is 13.6. The summed E-state index contributed by atoms with van der Waals surface area (Å²) < 4.78 is 26.7. The molecule has 0 aromatic heterocycles. The third kappa shape index (κ3) is 6.73. The van der Waals surface area contributed by atoms with Crippen LogP contribution in [0.5, 0.6) is 0 Å². The highest BCUT2D eigenvalue weighted by molar-refractivity contribution is 7.92. The van der Waals surface area contributed by atoms with E-state index in [0.29, 0.717) is 12.1 Å². The summed E-state index contributed by atoms with van der Waals surface area (Å²) in [6.07, 6.45) is 1.37. The third-order valence-electron chi connectivity index (χ3n) is 6.18. The summed E-state index contributed by atoms with van der Waals surface area (Å²) in [4.78, 5) is 28.5. The predicted molar refractivity (Wildman–Crippen MR) is 143 cm³/mol. The van der Waals surface area contributed by atoms with Crippen molar-refractivity contribution in [3.8, 4) is 0 Å². The first kappa shape index (κ1) is 26.9. The summed E-state index contributed by atoms with van der Waals surface area (Å²) in [6.45, 7) is 3.49. The van der Waals surface area contributed by atoms with Crippen LogP contribution in [0.2, 0.25) is 0 Å². The molecule has 0 aliphatic heterocycles. The number of carbonyl (C=O) groups excluding carboxylic acids is 2. The molecule has 0 radical (unpaired) electrons. The van der Waals surface area contributed by atoms with Gasteiger partial charge in [0, 0.05) is 20.0 Å². The van der Waals surface area contributed by atoms with Gasteiger partial charge in [0.15, 0.2) is 0 Å². The van der Waals surface area contributed by atoms with Crippen molar-refractivity contribution >= 4 is 27.5 Å². The van der Waals surface area contributed by atoms with Crippen LogP contribution in [0.4, 0.5) is 5.69 Å². The molecule has 8 heteroatoms. The van der Waals surface area contributed by atoms with Crippen LogP contribution < -0.4 is 9.62 Å². The van der Waals surface area contributed by atoms with Gasteiger partial charge in [0.25, 0.3) is 0 Å². The Bertz CT molecular complexity index is 1310. The van der Waals surface area contributed by atoms with Gasteiger partial charge in [-0.1, -0.05) is 72.8 Å². The molecule has 1 atom stereocenters. The summed E-state index contributed by atoms with van der Waals surface area (Å²) in [6, 6.07) is 23.3. The lowest BCUT2D eigenvalue weighted by atomic mass is 10.0. The van der Waals surface area contributed by atoms with Crippen molar-refractivity contribution in [2.75, 3.05) is 24.2 Å². The van der Waals surface area contributed by atoms with Gasteiger partial charge in [-0.3, -0.25) is 13.9 Å². The van der Waals surface area contributed by atoms with E-state index in [4.69, 9.17) is 0 Å². The molecule has 36 heavy (non-hydrogen) atoms. The Kier molecular flexibility index (Phi) is 8.88. The van der Waals surface area contributed by atoms with Crippen molar-refractivity contribution in [3.05, 3.63) is 101 Å². The SMILES string of the molecule is CNC(=O)[C@H](Cc1ccccc1)N(Cc1ccccc1C)C(=O)CN(c1ccccc1C)S(C)(=O)=O. The fourth-order valence-corrected chi connectivity index (χ4v) is 5.04. The van der Waals surface area contributed by atoms with Gasteiger partial charge in [0.05, 0.1) is 11.9 Å². The number of benzene rings is 3. The zero-order valence-electron chi connectivity index (χ0n) is 21.1. The highest BCUT2D eigenvalue weighted by Crippen LogP contribution is 2.23. The molecule has 190 valence electrons. The number of amides is 2. The lowest BCUT2D eigenvalue weighted by molar-refractivity contribution is -0.139. The van der Waals surface area contributed by atoms with Crippen molar-refractivity contribution < 1.29 is 18.0 Å². The van der Waals surface area contributed by atoms with Crippen LogP contribution in [0.25, 0.3) is 0 Å². The first-order valence-electron chi connectivity index (χ1n) is 11.7. The second kappa shape index (κ2) is 11.9. The lowest BCUT2D eigenvalue weighted by Gasteiger charge is -2.33. The van der Waals surface area contributed by atoms with E-state index >= 15 is 0 Å². The number of aryl methyl sites for hydroxylation is 2. The monoisotopic (exact) mass is 507 g/mol. The molecular formula is C28H33N3O4S. The quantitative estimate of drug-likeness (QED) is 0.455. The van der Waals surface area contributed by atoms with Crippen molar-refractivity contribution in [2.24, 2.45) is 0 Å². The molecule has 3 aromatic carbocycles. The zero-order chi connectivity index (χ0) is 26.3. The second-order valence-corrected chi connectivity index (χ2v) is 10.7. The summed E-state index contributed by atoms with van der Waals surface area (Å²) in [5.41, 5.74) is 3.92. The predicted octanol–water partition coefficient (Wildman–Crippen LogP) is 3.46. The summed E-state index contributed by atoms with van der Waals surface area (Å²) in [5.74, 6) is -0.779. The Labute approximate surface area is 213 Å². The third-order valence-corrected chi connectivity index (χ3v) is 7.31. The zero-order valence-corrected chi connectivity index (χ0v) is 22.0. The number of hydrogen-bond donors (Lipinski definition) is 1. The van der Waals surface area contributed by atoms with Gasteiger partial charge in [-0.15, -0.1) is 0 Å². The van der Waals surface area contributed by atoms with Crippen molar-refractivity contribution in [1.29, 1.82) is 0 Å². The summed E-state index contributed by atoms with van der Waals surface area (Å²) in [7, 11) is -2.24. The van der Waals surface area contributed by atoms with Gasteiger partial charge in [-0.2, -0.15) is 0 Å². The molecule has 0 fully saturated rings. The molecular weight excluding hydrogens is 474 g/mol. The Morgan fingerprint density at radius 3 is 2.03 bits per heavy atom. The molecule has 0 aliphatic carbocycles. The maximum absolute atomic E-state index is 13.9. The topological polar surface area (TPSA) is 86.8 Å². The van der Waals surface area contributed by atoms with Crippen LogP contribution in [0.3, 0.4) is 0 Å². The standard InChI is InChI=1S/C28H33N3O4S/c1-21-12-8-10-16-24(21)19-30(26(28(33)29-3)18-23-14-6-5-7-15-23)27(32)20-31(36(4,34)35)25-17-11-9-13-22(25)2/h5-17,26H,18-20H2,1-4H3,(H,29,33)/t26-/m0/s1. The number of anilines is 1. The number of sulfonamides is 1.